The van der Waals surface area contributed by atoms with Crippen LogP contribution in [0.2, 0.25) is 0 Å². The lowest BCUT2D eigenvalue weighted by Crippen LogP contribution is -2.25. The zero-order chi connectivity index (χ0) is 21.7. The molecule has 1 amide bonds. The van der Waals surface area contributed by atoms with E-state index >= 15 is 0 Å². The highest BCUT2D eigenvalue weighted by molar-refractivity contribution is 6.05. The Bertz CT molecular complexity index is 931. The van der Waals surface area contributed by atoms with E-state index in [9.17, 15) is 13.6 Å². The van der Waals surface area contributed by atoms with E-state index in [0.29, 0.717) is 18.6 Å². The molecule has 1 fully saturated rings. The Morgan fingerprint density at radius 3 is 2.43 bits per heavy atom. The summed E-state index contributed by atoms with van der Waals surface area (Å²) in [5.41, 5.74) is 2.76. The Labute approximate surface area is 175 Å². The summed E-state index contributed by atoms with van der Waals surface area (Å²) >= 11 is 0. The van der Waals surface area contributed by atoms with Gasteiger partial charge in [-0.05, 0) is 70.0 Å². The maximum absolute atomic E-state index is 13.9. The third kappa shape index (κ3) is 5.21. The number of nitrogens with one attached hydrogen (secondary N) is 1. The fraction of sp³-hybridized carbons (Fsp3) is 0.391. The number of aliphatic imine (C=N–C) groups is 1. The van der Waals surface area contributed by atoms with Gasteiger partial charge >= 0.3 is 0 Å². The van der Waals surface area contributed by atoms with Crippen molar-refractivity contribution in [1.29, 1.82) is 0 Å². The SMILES string of the molecule is Cc1cc(C(=Nc2cc(F)cc(F)c2C)NC=O)cc(C)c1OCCN1CCCC1. The number of rotatable bonds is 7. The molecule has 0 unspecified atom stereocenters. The van der Waals surface area contributed by atoms with E-state index < -0.39 is 11.6 Å². The molecule has 1 aliphatic rings. The van der Waals surface area contributed by atoms with Gasteiger partial charge in [-0.15, -0.1) is 0 Å². The van der Waals surface area contributed by atoms with Gasteiger partial charge in [0.1, 0.15) is 29.8 Å². The van der Waals surface area contributed by atoms with Crippen LogP contribution in [0.4, 0.5) is 14.5 Å². The van der Waals surface area contributed by atoms with Crippen LogP contribution < -0.4 is 10.1 Å². The lowest BCUT2D eigenvalue weighted by Gasteiger charge is -2.18. The molecule has 0 aromatic heterocycles. The Balaban J connectivity index is 1.85. The summed E-state index contributed by atoms with van der Waals surface area (Å²) in [6, 6.07) is 5.64. The van der Waals surface area contributed by atoms with E-state index in [0.717, 1.165) is 48.6 Å². The number of ether oxygens (including phenoxy) is 1. The molecule has 160 valence electrons. The zero-order valence-corrected chi connectivity index (χ0v) is 17.6. The van der Waals surface area contributed by atoms with E-state index in [1.807, 2.05) is 26.0 Å². The molecule has 0 saturated carbocycles. The summed E-state index contributed by atoms with van der Waals surface area (Å²) in [4.78, 5) is 17.8. The van der Waals surface area contributed by atoms with Crippen molar-refractivity contribution in [2.45, 2.75) is 33.6 Å². The normalized spacial score (nSPS) is 14.8. The van der Waals surface area contributed by atoms with Gasteiger partial charge in [0.2, 0.25) is 6.41 Å². The van der Waals surface area contributed by atoms with E-state index in [-0.39, 0.29) is 17.1 Å². The molecule has 0 bridgehead atoms. The number of carbonyl (C=O) groups excluding carboxylic acids is 1. The molecule has 0 atom stereocenters. The van der Waals surface area contributed by atoms with Gasteiger partial charge in [-0.1, -0.05) is 0 Å². The second kappa shape index (κ2) is 9.80. The number of carbonyl (C=O) groups is 1. The predicted octanol–water partition coefficient (Wildman–Crippen LogP) is 4.19. The van der Waals surface area contributed by atoms with E-state index in [4.69, 9.17) is 4.74 Å². The Hall–Kier alpha value is -2.80. The minimum Gasteiger partial charge on any atom is -0.492 e. The maximum atomic E-state index is 13.9. The minimum absolute atomic E-state index is 0.123. The van der Waals surface area contributed by atoms with E-state index in [2.05, 4.69) is 15.2 Å². The second-order valence-corrected chi connectivity index (χ2v) is 7.59. The van der Waals surface area contributed by atoms with Crippen molar-refractivity contribution < 1.29 is 18.3 Å². The summed E-state index contributed by atoms with van der Waals surface area (Å²) in [5.74, 6) is -0.394. The quantitative estimate of drug-likeness (QED) is 0.419. The summed E-state index contributed by atoms with van der Waals surface area (Å²) in [6.07, 6.45) is 2.98. The molecular weight excluding hydrogens is 388 g/mol. The molecule has 1 aliphatic heterocycles. The topological polar surface area (TPSA) is 53.9 Å². The number of benzene rings is 2. The number of likely N-dealkylation sites (tertiary alicyclic amines) is 1. The fourth-order valence-electron chi connectivity index (χ4n) is 3.70. The first kappa shape index (κ1) is 21.9. The second-order valence-electron chi connectivity index (χ2n) is 7.59. The van der Waals surface area contributed by atoms with Crippen LogP contribution in [0.1, 0.15) is 35.1 Å². The third-order valence-corrected chi connectivity index (χ3v) is 5.30. The van der Waals surface area contributed by atoms with Crippen molar-refractivity contribution in [2.75, 3.05) is 26.2 Å². The minimum atomic E-state index is -0.726. The summed E-state index contributed by atoms with van der Waals surface area (Å²) < 4.78 is 33.5. The van der Waals surface area contributed by atoms with Gasteiger partial charge in [0.25, 0.3) is 0 Å². The molecule has 1 saturated heterocycles. The van der Waals surface area contributed by atoms with Crippen LogP contribution in [0.25, 0.3) is 0 Å². The first-order chi connectivity index (χ1) is 14.4. The number of nitrogens with zero attached hydrogens (tertiary/aromatic N) is 2. The fourth-order valence-corrected chi connectivity index (χ4v) is 3.70. The molecule has 5 nitrogen and oxygen atoms in total. The lowest BCUT2D eigenvalue weighted by atomic mass is 10.0. The predicted molar refractivity (Wildman–Crippen MR) is 114 cm³/mol. The smallest absolute Gasteiger partial charge is 0.212 e. The Morgan fingerprint density at radius 2 is 1.80 bits per heavy atom. The van der Waals surface area contributed by atoms with Crippen LogP contribution in [0, 0.1) is 32.4 Å². The number of hydrogen-bond acceptors (Lipinski definition) is 4. The highest BCUT2D eigenvalue weighted by Crippen LogP contribution is 2.27. The summed E-state index contributed by atoms with van der Waals surface area (Å²) in [7, 11) is 0. The van der Waals surface area contributed by atoms with Crippen LogP contribution in [-0.4, -0.2) is 43.4 Å². The van der Waals surface area contributed by atoms with Gasteiger partial charge in [0.15, 0.2) is 0 Å². The summed E-state index contributed by atoms with van der Waals surface area (Å²) in [5, 5.41) is 2.54. The number of aryl methyl sites for hydroxylation is 2. The Kier molecular flexibility index (Phi) is 7.15. The van der Waals surface area contributed by atoms with Crippen LogP contribution in [0.15, 0.2) is 29.3 Å². The average Bonchev–Trinajstić information content (AvgIpc) is 3.20. The monoisotopic (exact) mass is 415 g/mol. The molecule has 2 aromatic rings. The molecule has 7 heteroatoms. The van der Waals surface area contributed by atoms with Gasteiger partial charge in [0, 0.05) is 29.8 Å². The zero-order valence-electron chi connectivity index (χ0n) is 17.6. The van der Waals surface area contributed by atoms with Gasteiger partial charge in [-0.25, -0.2) is 13.8 Å². The largest absolute Gasteiger partial charge is 0.492 e. The number of hydrogen-bond donors (Lipinski definition) is 1. The van der Waals surface area contributed by atoms with Gasteiger partial charge in [-0.3, -0.25) is 9.69 Å². The highest BCUT2D eigenvalue weighted by atomic mass is 19.1. The Morgan fingerprint density at radius 1 is 1.13 bits per heavy atom. The maximum Gasteiger partial charge on any atom is 0.212 e. The molecule has 0 spiro atoms. The molecule has 3 rings (SSSR count). The molecule has 30 heavy (non-hydrogen) atoms. The van der Waals surface area contributed by atoms with Gasteiger partial charge in [-0.2, -0.15) is 0 Å². The molecule has 2 aromatic carbocycles. The van der Waals surface area contributed by atoms with Crippen LogP contribution >= 0.6 is 0 Å². The lowest BCUT2D eigenvalue weighted by molar-refractivity contribution is -0.108. The molecule has 1 N–H and O–H groups in total. The van der Waals surface area contributed by atoms with Crippen molar-refractivity contribution in [3.8, 4) is 5.75 Å². The summed E-state index contributed by atoms with van der Waals surface area (Å²) in [6.45, 7) is 9.11. The first-order valence-electron chi connectivity index (χ1n) is 10.1. The van der Waals surface area contributed by atoms with E-state index in [1.54, 1.807) is 0 Å². The molecule has 0 aliphatic carbocycles. The third-order valence-electron chi connectivity index (χ3n) is 5.30. The van der Waals surface area contributed by atoms with Crippen molar-refractivity contribution in [3.05, 3.63) is 58.2 Å². The van der Waals surface area contributed by atoms with Crippen molar-refractivity contribution in [3.63, 3.8) is 0 Å². The molecule has 1 heterocycles. The van der Waals surface area contributed by atoms with Crippen LogP contribution in [0.5, 0.6) is 5.75 Å². The van der Waals surface area contributed by atoms with Crippen LogP contribution in [-0.2, 0) is 4.79 Å². The molecule has 0 radical (unpaired) electrons. The number of halogens is 2. The standard InChI is InChI=1S/C23H27F2N3O2/c1-15-10-18(11-16(2)22(15)30-9-8-28-6-4-5-7-28)23(26-14-29)27-21-13-19(24)12-20(25)17(21)3/h10-14H,4-9H2,1-3H3,(H,26,27,29). The van der Waals surface area contributed by atoms with Crippen molar-refractivity contribution in [1.82, 2.24) is 10.2 Å². The first-order valence-corrected chi connectivity index (χ1v) is 10.1. The van der Waals surface area contributed by atoms with Gasteiger partial charge < -0.3 is 10.1 Å². The van der Waals surface area contributed by atoms with Crippen LogP contribution in [0.3, 0.4) is 0 Å². The van der Waals surface area contributed by atoms with Crippen molar-refractivity contribution in [2.24, 2.45) is 4.99 Å². The number of amides is 1. The van der Waals surface area contributed by atoms with Crippen molar-refractivity contribution >= 4 is 17.9 Å². The van der Waals surface area contributed by atoms with E-state index in [1.165, 1.54) is 19.8 Å². The average molecular weight is 415 g/mol. The van der Waals surface area contributed by atoms with Gasteiger partial charge in [0.05, 0.1) is 5.69 Å². The highest BCUT2D eigenvalue weighted by Gasteiger charge is 2.15. The molecular formula is C23H27F2N3O2. The number of amidine groups is 1.